The number of piperidine rings is 1. The van der Waals surface area contributed by atoms with Crippen LogP contribution in [0.3, 0.4) is 0 Å². The zero-order valence-electron chi connectivity index (χ0n) is 10.5. The number of hydroxylamine groups is 2. The average Bonchev–Trinajstić information content (AvgIpc) is 3.13. The summed E-state index contributed by atoms with van der Waals surface area (Å²) in [5, 5.41) is 0.947. The number of carbonyl (C=O) groups excluding carboxylic acids is 4. The molecule has 2 atom stereocenters. The van der Waals surface area contributed by atoms with Crippen molar-refractivity contribution >= 4 is 23.7 Å². The SMILES string of the molecule is O=C(CCN1C(=O)C=CC1=O)ON1C(=O)CCC2OC21. The standard InChI is InChI=1S/C12H12N2O6/c15-8-3-4-9(16)13(8)6-5-11(18)20-14-10(17)2-1-7-12(14)19-7/h3-4,7,12H,1-2,5-6H2. The number of fused-ring (bicyclic) bond motifs is 1. The zero-order valence-corrected chi connectivity index (χ0v) is 10.5. The van der Waals surface area contributed by atoms with E-state index in [-0.39, 0.29) is 31.4 Å². The summed E-state index contributed by atoms with van der Waals surface area (Å²) in [5.74, 6) is -1.89. The lowest BCUT2D eigenvalue weighted by Gasteiger charge is -2.22. The van der Waals surface area contributed by atoms with Crippen molar-refractivity contribution in [3.63, 3.8) is 0 Å². The van der Waals surface area contributed by atoms with Gasteiger partial charge in [0.1, 0.15) is 6.10 Å². The van der Waals surface area contributed by atoms with E-state index < -0.39 is 24.0 Å². The van der Waals surface area contributed by atoms with Gasteiger partial charge in [-0.1, -0.05) is 0 Å². The van der Waals surface area contributed by atoms with E-state index in [0.29, 0.717) is 6.42 Å². The molecule has 106 valence electrons. The Morgan fingerprint density at radius 2 is 2.00 bits per heavy atom. The molecule has 8 nitrogen and oxygen atoms in total. The number of carbonyl (C=O) groups is 4. The van der Waals surface area contributed by atoms with Gasteiger partial charge in [0.15, 0.2) is 6.23 Å². The minimum Gasteiger partial charge on any atom is -0.344 e. The molecule has 0 bridgehead atoms. The minimum absolute atomic E-state index is 0.0496. The molecular formula is C12H12N2O6. The van der Waals surface area contributed by atoms with Crippen LogP contribution in [0.25, 0.3) is 0 Å². The fourth-order valence-electron chi connectivity index (χ4n) is 2.18. The van der Waals surface area contributed by atoms with Gasteiger partial charge in [0.05, 0.1) is 6.42 Å². The third-order valence-electron chi connectivity index (χ3n) is 3.32. The maximum atomic E-state index is 11.6. The summed E-state index contributed by atoms with van der Waals surface area (Å²) in [6.45, 7) is -0.0690. The van der Waals surface area contributed by atoms with Crippen LogP contribution in [0.2, 0.25) is 0 Å². The van der Waals surface area contributed by atoms with Gasteiger partial charge in [-0.25, -0.2) is 4.79 Å². The number of ether oxygens (including phenoxy) is 1. The monoisotopic (exact) mass is 280 g/mol. The van der Waals surface area contributed by atoms with Crippen molar-refractivity contribution in [2.75, 3.05) is 6.54 Å². The largest absolute Gasteiger partial charge is 0.344 e. The van der Waals surface area contributed by atoms with Gasteiger partial charge in [-0.2, -0.15) is 0 Å². The number of epoxide rings is 1. The molecule has 3 rings (SSSR count). The third-order valence-corrected chi connectivity index (χ3v) is 3.32. The summed E-state index contributed by atoms with van der Waals surface area (Å²) in [7, 11) is 0. The topological polar surface area (TPSA) is 96.5 Å². The number of hydrogen-bond donors (Lipinski definition) is 0. The minimum atomic E-state index is -0.679. The summed E-state index contributed by atoms with van der Waals surface area (Å²) in [4.78, 5) is 51.7. The smallest absolute Gasteiger partial charge is 0.334 e. The molecule has 0 aromatic heterocycles. The van der Waals surface area contributed by atoms with E-state index in [0.717, 1.165) is 22.1 Å². The Hall–Kier alpha value is -2.22. The van der Waals surface area contributed by atoms with E-state index in [1.54, 1.807) is 0 Å². The molecule has 3 amide bonds. The molecule has 0 radical (unpaired) electrons. The van der Waals surface area contributed by atoms with E-state index in [4.69, 9.17) is 9.57 Å². The normalized spacial score (nSPS) is 27.9. The summed E-state index contributed by atoms with van der Waals surface area (Å²) in [6.07, 6.45) is 2.51. The molecule has 3 aliphatic rings. The van der Waals surface area contributed by atoms with Crippen LogP contribution in [0.5, 0.6) is 0 Å². The molecular weight excluding hydrogens is 268 g/mol. The molecule has 2 saturated heterocycles. The van der Waals surface area contributed by atoms with Gasteiger partial charge >= 0.3 is 5.97 Å². The first-order valence-electron chi connectivity index (χ1n) is 6.28. The van der Waals surface area contributed by atoms with Crippen molar-refractivity contribution in [1.82, 2.24) is 9.96 Å². The van der Waals surface area contributed by atoms with Crippen molar-refractivity contribution in [1.29, 1.82) is 0 Å². The van der Waals surface area contributed by atoms with Crippen LogP contribution >= 0.6 is 0 Å². The highest BCUT2D eigenvalue weighted by molar-refractivity contribution is 6.13. The van der Waals surface area contributed by atoms with Gasteiger partial charge in [-0.05, 0) is 6.42 Å². The summed E-state index contributed by atoms with van der Waals surface area (Å²) < 4.78 is 5.17. The second kappa shape index (κ2) is 4.71. The summed E-state index contributed by atoms with van der Waals surface area (Å²) >= 11 is 0. The second-order valence-electron chi connectivity index (χ2n) is 4.70. The molecule has 0 aliphatic carbocycles. The van der Waals surface area contributed by atoms with Gasteiger partial charge in [0, 0.05) is 25.1 Å². The molecule has 3 aliphatic heterocycles. The summed E-state index contributed by atoms with van der Waals surface area (Å²) in [6, 6.07) is 0. The highest BCUT2D eigenvalue weighted by atomic mass is 16.8. The van der Waals surface area contributed by atoms with Crippen molar-refractivity contribution in [2.24, 2.45) is 0 Å². The molecule has 8 heteroatoms. The van der Waals surface area contributed by atoms with Gasteiger partial charge in [-0.15, -0.1) is 5.06 Å². The summed E-state index contributed by atoms with van der Waals surface area (Å²) in [5.41, 5.74) is 0. The van der Waals surface area contributed by atoms with Gasteiger partial charge < -0.3 is 9.57 Å². The number of rotatable bonds is 4. The van der Waals surface area contributed by atoms with E-state index in [9.17, 15) is 19.2 Å². The van der Waals surface area contributed by atoms with E-state index in [2.05, 4.69) is 0 Å². The number of hydrogen-bond acceptors (Lipinski definition) is 6. The maximum absolute atomic E-state index is 11.6. The van der Waals surface area contributed by atoms with Crippen molar-refractivity contribution in [2.45, 2.75) is 31.6 Å². The number of amides is 3. The molecule has 2 fully saturated rings. The van der Waals surface area contributed by atoms with Crippen LogP contribution in [0.4, 0.5) is 0 Å². The van der Waals surface area contributed by atoms with Crippen molar-refractivity contribution in [3.05, 3.63) is 12.2 Å². The number of imide groups is 1. The highest BCUT2D eigenvalue weighted by Crippen LogP contribution is 2.35. The highest BCUT2D eigenvalue weighted by Gasteiger charge is 2.51. The van der Waals surface area contributed by atoms with Crippen LogP contribution in [0.15, 0.2) is 12.2 Å². The predicted molar refractivity (Wildman–Crippen MR) is 61.3 cm³/mol. The van der Waals surface area contributed by atoms with Crippen LogP contribution in [-0.4, -0.2) is 52.5 Å². The van der Waals surface area contributed by atoms with Crippen molar-refractivity contribution < 1.29 is 28.8 Å². The van der Waals surface area contributed by atoms with Crippen molar-refractivity contribution in [3.8, 4) is 0 Å². The molecule has 0 aromatic carbocycles. The zero-order chi connectivity index (χ0) is 14.3. The molecule has 20 heavy (non-hydrogen) atoms. The lowest BCUT2D eigenvalue weighted by Crippen LogP contribution is -2.40. The van der Waals surface area contributed by atoms with Crippen LogP contribution < -0.4 is 0 Å². The maximum Gasteiger partial charge on any atom is 0.334 e. The lowest BCUT2D eigenvalue weighted by atomic mass is 10.1. The van der Waals surface area contributed by atoms with E-state index >= 15 is 0 Å². The number of nitrogens with zero attached hydrogens (tertiary/aromatic N) is 2. The van der Waals surface area contributed by atoms with Gasteiger partial charge in [-0.3, -0.25) is 19.3 Å². The molecule has 3 heterocycles. The Labute approximate surface area is 113 Å². The molecule has 0 N–H and O–H groups in total. The first kappa shape index (κ1) is 12.8. The Balaban J connectivity index is 1.49. The average molecular weight is 280 g/mol. The Morgan fingerprint density at radius 3 is 2.70 bits per heavy atom. The second-order valence-corrected chi connectivity index (χ2v) is 4.70. The fraction of sp³-hybridized carbons (Fsp3) is 0.500. The fourth-order valence-corrected chi connectivity index (χ4v) is 2.18. The lowest BCUT2D eigenvalue weighted by molar-refractivity contribution is -0.208. The van der Waals surface area contributed by atoms with Crippen LogP contribution in [0.1, 0.15) is 19.3 Å². The first-order valence-corrected chi connectivity index (χ1v) is 6.28. The van der Waals surface area contributed by atoms with Crippen LogP contribution in [-0.2, 0) is 28.8 Å². The van der Waals surface area contributed by atoms with Gasteiger partial charge in [0.25, 0.3) is 17.7 Å². The van der Waals surface area contributed by atoms with Gasteiger partial charge in [0.2, 0.25) is 0 Å². The van der Waals surface area contributed by atoms with E-state index in [1.165, 1.54) is 0 Å². The Bertz CT molecular complexity index is 510. The first-order chi connectivity index (χ1) is 9.56. The Kier molecular flexibility index (Phi) is 3.01. The quantitative estimate of drug-likeness (QED) is 0.489. The molecule has 2 unspecified atom stereocenters. The molecule has 0 aromatic rings. The Morgan fingerprint density at radius 1 is 1.30 bits per heavy atom. The third kappa shape index (κ3) is 2.29. The predicted octanol–water partition coefficient (Wildman–Crippen LogP) is -0.893. The van der Waals surface area contributed by atoms with Crippen LogP contribution in [0, 0.1) is 0 Å². The van der Waals surface area contributed by atoms with E-state index in [1.807, 2.05) is 0 Å². The molecule has 0 saturated carbocycles. The molecule has 0 spiro atoms.